The lowest BCUT2D eigenvalue weighted by Crippen LogP contribution is -2.54. The first-order valence-corrected chi connectivity index (χ1v) is 9.82. The summed E-state index contributed by atoms with van der Waals surface area (Å²) in [5, 5.41) is 9.34. The first-order chi connectivity index (χ1) is 13.5. The van der Waals surface area contributed by atoms with Crippen LogP contribution in [-0.4, -0.2) is 52.7 Å². The van der Waals surface area contributed by atoms with Gasteiger partial charge in [-0.25, -0.2) is 0 Å². The highest BCUT2D eigenvalue weighted by molar-refractivity contribution is 6.24. The molecule has 1 aliphatic carbocycles. The number of hydrogen-bond donors (Lipinski definition) is 3. The van der Waals surface area contributed by atoms with Gasteiger partial charge in [-0.05, 0) is 43.9 Å². The molecule has 1 aromatic carbocycles. The minimum absolute atomic E-state index is 0.120. The summed E-state index contributed by atoms with van der Waals surface area (Å²) in [6, 6.07) is 4.69. The van der Waals surface area contributed by atoms with Crippen LogP contribution in [0.3, 0.4) is 0 Å². The summed E-state index contributed by atoms with van der Waals surface area (Å²) < 4.78 is 0. The quantitative estimate of drug-likeness (QED) is 0.637. The summed E-state index contributed by atoms with van der Waals surface area (Å²) in [7, 11) is 0. The van der Waals surface area contributed by atoms with Crippen LogP contribution in [0.25, 0.3) is 0 Å². The number of imide groups is 2. The molecule has 5 rings (SSSR count). The third-order valence-electron chi connectivity index (χ3n) is 6.46. The van der Waals surface area contributed by atoms with Crippen molar-refractivity contribution in [2.24, 2.45) is 0 Å². The van der Waals surface area contributed by atoms with Crippen LogP contribution in [0.1, 0.15) is 58.4 Å². The number of rotatable bonds is 4. The molecule has 2 atom stereocenters. The summed E-state index contributed by atoms with van der Waals surface area (Å²) >= 11 is 0. The summed E-state index contributed by atoms with van der Waals surface area (Å²) in [6.07, 6.45) is 3.66. The van der Waals surface area contributed by atoms with E-state index < -0.39 is 23.8 Å². The summed E-state index contributed by atoms with van der Waals surface area (Å²) in [4.78, 5) is 50.6. The second-order valence-electron chi connectivity index (χ2n) is 8.09. The van der Waals surface area contributed by atoms with Gasteiger partial charge in [-0.2, -0.15) is 0 Å². The van der Waals surface area contributed by atoms with Crippen molar-refractivity contribution in [1.29, 1.82) is 0 Å². The number of nitrogens with zero attached hydrogens (tertiary/aromatic N) is 1. The average molecular weight is 382 g/mol. The summed E-state index contributed by atoms with van der Waals surface area (Å²) in [6.45, 7) is 1.49. The van der Waals surface area contributed by atoms with Crippen LogP contribution in [0.15, 0.2) is 18.2 Å². The zero-order chi connectivity index (χ0) is 19.5. The van der Waals surface area contributed by atoms with E-state index in [9.17, 15) is 19.2 Å². The Morgan fingerprint density at radius 3 is 2.68 bits per heavy atom. The van der Waals surface area contributed by atoms with E-state index in [0.717, 1.165) is 36.3 Å². The molecule has 0 bridgehead atoms. The standard InChI is InChI=1S/C20H22N4O4/c25-15-5-4-13(17(26)23-15)24-18(27)12-3-1-2-11(16(12)19(24)28)10-21-14-6-9-22-20(14)7-8-20/h1-3,13-14,21-22H,4-10H2,(H,23,25,26). The summed E-state index contributed by atoms with van der Waals surface area (Å²) in [5.74, 6) is -1.87. The third kappa shape index (κ3) is 2.59. The van der Waals surface area contributed by atoms with Crippen molar-refractivity contribution in [3.63, 3.8) is 0 Å². The van der Waals surface area contributed by atoms with Crippen molar-refractivity contribution >= 4 is 23.6 Å². The maximum absolute atomic E-state index is 13.1. The van der Waals surface area contributed by atoms with Gasteiger partial charge in [-0.15, -0.1) is 0 Å². The van der Waals surface area contributed by atoms with Crippen molar-refractivity contribution in [2.75, 3.05) is 6.54 Å². The number of benzene rings is 1. The van der Waals surface area contributed by atoms with Crippen LogP contribution in [0.4, 0.5) is 0 Å². The smallest absolute Gasteiger partial charge is 0.262 e. The molecular weight excluding hydrogens is 360 g/mol. The Balaban J connectivity index is 1.39. The minimum atomic E-state index is -0.931. The molecule has 4 aliphatic rings. The zero-order valence-electron chi connectivity index (χ0n) is 15.4. The Labute approximate surface area is 162 Å². The van der Waals surface area contributed by atoms with Crippen LogP contribution >= 0.6 is 0 Å². The van der Waals surface area contributed by atoms with E-state index in [1.807, 2.05) is 6.07 Å². The molecule has 4 amide bonds. The molecule has 1 aromatic rings. The van der Waals surface area contributed by atoms with E-state index in [0.29, 0.717) is 23.7 Å². The number of carbonyl (C=O) groups excluding carboxylic acids is 4. The third-order valence-corrected chi connectivity index (χ3v) is 6.46. The second kappa shape index (κ2) is 6.22. The number of amides is 4. The highest BCUT2D eigenvalue weighted by Crippen LogP contribution is 2.43. The lowest BCUT2D eigenvalue weighted by Gasteiger charge is -2.27. The van der Waals surface area contributed by atoms with Crippen LogP contribution in [0.5, 0.6) is 0 Å². The monoisotopic (exact) mass is 382 g/mol. The van der Waals surface area contributed by atoms with Gasteiger partial charge < -0.3 is 10.6 Å². The Kier molecular flexibility index (Phi) is 3.89. The number of fused-ring (bicyclic) bond motifs is 1. The van der Waals surface area contributed by atoms with Gasteiger partial charge in [0.1, 0.15) is 6.04 Å². The van der Waals surface area contributed by atoms with Gasteiger partial charge in [0.2, 0.25) is 11.8 Å². The van der Waals surface area contributed by atoms with Crippen LogP contribution in [-0.2, 0) is 16.1 Å². The molecular formula is C20H22N4O4. The summed E-state index contributed by atoms with van der Waals surface area (Å²) in [5.41, 5.74) is 1.69. The van der Waals surface area contributed by atoms with E-state index >= 15 is 0 Å². The lowest BCUT2D eigenvalue weighted by molar-refractivity contribution is -0.136. The molecule has 28 heavy (non-hydrogen) atoms. The fourth-order valence-corrected chi connectivity index (χ4v) is 4.79. The van der Waals surface area contributed by atoms with Gasteiger partial charge in [-0.3, -0.25) is 29.4 Å². The number of hydrogen-bond acceptors (Lipinski definition) is 6. The van der Waals surface area contributed by atoms with Gasteiger partial charge in [0, 0.05) is 24.5 Å². The second-order valence-corrected chi connectivity index (χ2v) is 8.09. The molecule has 3 heterocycles. The zero-order valence-corrected chi connectivity index (χ0v) is 15.4. The van der Waals surface area contributed by atoms with E-state index in [4.69, 9.17) is 0 Å². The topological polar surface area (TPSA) is 108 Å². The van der Waals surface area contributed by atoms with Crippen molar-refractivity contribution < 1.29 is 19.2 Å². The molecule has 0 aromatic heterocycles. The van der Waals surface area contributed by atoms with E-state index in [-0.39, 0.29) is 24.3 Å². The fraction of sp³-hybridized carbons (Fsp3) is 0.500. The maximum Gasteiger partial charge on any atom is 0.262 e. The van der Waals surface area contributed by atoms with E-state index in [2.05, 4.69) is 16.0 Å². The van der Waals surface area contributed by atoms with E-state index in [1.165, 1.54) is 0 Å². The SMILES string of the molecule is O=C1CCC(N2C(=O)c3cccc(CNC4CCNC45CC5)c3C2=O)C(=O)N1. The van der Waals surface area contributed by atoms with Gasteiger partial charge in [0.15, 0.2) is 0 Å². The molecule has 8 nitrogen and oxygen atoms in total. The lowest BCUT2D eigenvalue weighted by atomic mass is 10.0. The number of nitrogens with one attached hydrogen (secondary N) is 3. The van der Waals surface area contributed by atoms with Crippen molar-refractivity contribution in [3.8, 4) is 0 Å². The highest BCUT2D eigenvalue weighted by Gasteiger charge is 2.52. The molecule has 3 N–H and O–H groups in total. The Morgan fingerprint density at radius 1 is 1.11 bits per heavy atom. The fourth-order valence-electron chi connectivity index (χ4n) is 4.79. The average Bonchev–Trinajstić information content (AvgIpc) is 3.27. The normalized spacial score (nSPS) is 28.1. The minimum Gasteiger partial charge on any atom is -0.310 e. The van der Waals surface area contributed by atoms with E-state index in [1.54, 1.807) is 12.1 Å². The number of piperidine rings is 1. The first kappa shape index (κ1) is 17.5. The molecule has 0 radical (unpaired) electrons. The van der Waals surface area contributed by atoms with Gasteiger partial charge in [-0.1, -0.05) is 12.1 Å². The van der Waals surface area contributed by atoms with Gasteiger partial charge >= 0.3 is 0 Å². The molecule has 8 heteroatoms. The molecule has 3 aliphatic heterocycles. The van der Waals surface area contributed by atoms with Crippen molar-refractivity contribution in [3.05, 3.63) is 34.9 Å². The van der Waals surface area contributed by atoms with Crippen LogP contribution < -0.4 is 16.0 Å². The Hall–Kier alpha value is -2.58. The largest absolute Gasteiger partial charge is 0.310 e. The van der Waals surface area contributed by atoms with Crippen LogP contribution in [0, 0.1) is 0 Å². The number of carbonyl (C=O) groups is 4. The highest BCUT2D eigenvalue weighted by atomic mass is 16.2. The molecule has 2 unspecified atom stereocenters. The molecule has 2 saturated heterocycles. The molecule has 146 valence electrons. The predicted molar refractivity (Wildman–Crippen MR) is 98.3 cm³/mol. The van der Waals surface area contributed by atoms with Crippen LogP contribution in [0.2, 0.25) is 0 Å². The van der Waals surface area contributed by atoms with Crippen molar-refractivity contribution in [1.82, 2.24) is 20.9 Å². The van der Waals surface area contributed by atoms with Gasteiger partial charge in [0.25, 0.3) is 11.8 Å². The molecule has 3 fully saturated rings. The maximum atomic E-state index is 13.1. The Morgan fingerprint density at radius 2 is 1.93 bits per heavy atom. The predicted octanol–water partition coefficient (Wildman–Crippen LogP) is 0.0719. The molecule has 1 saturated carbocycles. The first-order valence-electron chi connectivity index (χ1n) is 9.82. The molecule has 1 spiro atoms. The van der Waals surface area contributed by atoms with Gasteiger partial charge in [0.05, 0.1) is 11.1 Å². The Bertz CT molecular complexity index is 907. The van der Waals surface area contributed by atoms with Crippen molar-refractivity contribution in [2.45, 2.75) is 56.3 Å².